The Balaban J connectivity index is 1.53. The number of pyridine rings is 1. The second-order valence-corrected chi connectivity index (χ2v) is 6.86. The Morgan fingerprint density at radius 1 is 1.22 bits per heavy atom. The van der Waals surface area contributed by atoms with Crippen molar-refractivity contribution in [1.82, 2.24) is 14.9 Å². The molecule has 1 atom stereocenters. The fraction of sp³-hybridized carbons (Fsp3) is 0.250. The molecule has 0 unspecified atom stereocenters. The van der Waals surface area contributed by atoms with Crippen LogP contribution in [0.5, 0.6) is 0 Å². The predicted octanol–water partition coefficient (Wildman–Crippen LogP) is 3.28. The number of carbonyl (C=O) groups is 2. The number of hydrogen-bond donors (Lipinski definition) is 3. The van der Waals surface area contributed by atoms with Crippen molar-refractivity contribution >= 4 is 28.6 Å². The molecule has 3 heterocycles. The zero-order valence-corrected chi connectivity index (χ0v) is 14.9. The van der Waals surface area contributed by atoms with Crippen LogP contribution >= 0.6 is 0 Å². The quantitative estimate of drug-likeness (QED) is 0.660. The zero-order chi connectivity index (χ0) is 19.0. The summed E-state index contributed by atoms with van der Waals surface area (Å²) >= 11 is 0. The molecule has 1 aliphatic heterocycles. The van der Waals surface area contributed by atoms with Crippen molar-refractivity contribution < 1.29 is 14.7 Å². The number of aromatic amines is 1. The van der Waals surface area contributed by atoms with Gasteiger partial charge in [0.25, 0.3) is 5.91 Å². The number of fused-ring (bicyclic) bond motifs is 1. The molecule has 1 aromatic carbocycles. The van der Waals surface area contributed by atoms with Crippen LogP contribution in [0.15, 0.2) is 42.6 Å². The van der Waals surface area contributed by atoms with Gasteiger partial charge in [-0.3, -0.25) is 9.69 Å². The van der Waals surface area contributed by atoms with Gasteiger partial charge >= 0.3 is 5.97 Å². The number of nitrogens with one attached hydrogen (secondary N) is 2. The number of hydrogen-bond acceptors (Lipinski definition) is 4. The van der Waals surface area contributed by atoms with E-state index in [0.717, 1.165) is 23.9 Å². The Morgan fingerprint density at radius 3 is 2.63 bits per heavy atom. The number of nitrogens with zero attached hydrogens (tertiary/aromatic N) is 2. The highest BCUT2D eigenvalue weighted by Crippen LogP contribution is 2.32. The van der Waals surface area contributed by atoms with Gasteiger partial charge in [0.05, 0.1) is 11.1 Å². The Bertz CT molecular complexity index is 1010. The summed E-state index contributed by atoms with van der Waals surface area (Å²) in [6.45, 7) is 1.10. The molecule has 1 saturated heterocycles. The van der Waals surface area contributed by atoms with Crippen molar-refractivity contribution in [1.29, 1.82) is 0 Å². The molecule has 0 saturated carbocycles. The third-order valence-corrected chi connectivity index (χ3v) is 5.04. The first-order valence-corrected chi connectivity index (χ1v) is 8.85. The van der Waals surface area contributed by atoms with Crippen LogP contribution in [-0.4, -0.2) is 45.4 Å². The van der Waals surface area contributed by atoms with Gasteiger partial charge in [-0.25, -0.2) is 9.78 Å². The number of amides is 1. The number of anilines is 1. The molecule has 7 nitrogen and oxygen atoms in total. The van der Waals surface area contributed by atoms with Gasteiger partial charge < -0.3 is 15.4 Å². The highest BCUT2D eigenvalue weighted by atomic mass is 16.4. The Hall–Kier alpha value is -3.19. The summed E-state index contributed by atoms with van der Waals surface area (Å²) in [6.07, 6.45) is 4.07. The molecule has 0 spiro atoms. The first kappa shape index (κ1) is 17.2. The number of H-pyrrole nitrogens is 1. The first-order chi connectivity index (χ1) is 13.0. The van der Waals surface area contributed by atoms with Gasteiger partial charge in [0.15, 0.2) is 0 Å². The normalized spacial score (nSPS) is 17.3. The number of carboxylic acids is 1. The maximum Gasteiger partial charge on any atom is 0.335 e. The predicted molar refractivity (Wildman–Crippen MR) is 102 cm³/mol. The van der Waals surface area contributed by atoms with Crippen molar-refractivity contribution in [2.45, 2.75) is 18.9 Å². The van der Waals surface area contributed by atoms with Crippen LogP contribution in [-0.2, 0) is 0 Å². The van der Waals surface area contributed by atoms with Crippen molar-refractivity contribution in [2.75, 3.05) is 18.9 Å². The van der Waals surface area contributed by atoms with E-state index in [9.17, 15) is 9.59 Å². The molecular formula is C20H20N4O3. The monoisotopic (exact) mass is 364 g/mol. The van der Waals surface area contributed by atoms with E-state index >= 15 is 0 Å². The first-order valence-electron chi connectivity index (χ1n) is 8.85. The van der Waals surface area contributed by atoms with Gasteiger partial charge in [0.1, 0.15) is 5.82 Å². The summed E-state index contributed by atoms with van der Waals surface area (Å²) in [5, 5.41) is 12.7. The maximum absolute atomic E-state index is 12.4. The van der Waals surface area contributed by atoms with Crippen molar-refractivity contribution in [2.24, 2.45) is 0 Å². The number of likely N-dealkylation sites (tertiary alicyclic amines) is 1. The molecule has 27 heavy (non-hydrogen) atoms. The number of aromatic carboxylic acids is 1. The highest BCUT2D eigenvalue weighted by molar-refractivity contribution is 6.04. The van der Waals surface area contributed by atoms with Gasteiger partial charge in [-0.2, -0.15) is 0 Å². The number of rotatable bonds is 4. The summed E-state index contributed by atoms with van der Waals surface area (Å²) in [4.78, 5) is 33.4. The average molecular weight is 364 g/mol. The molecule has 0 bridgehead atoms. The smallest absolute Gasteiger partial charge is 0.335 e. The molecule has 3 N–H and O–H groups in total. The van der Waals surface area contributed by atoms with Gasteiger partial charge in [-0.05, 0) is 56.8 Å². The fourth-order valence-corrected chi connectivity index (χ4v) is 3.55. The molecular weight excluding hydrogens is 344 g/mol. The molecule has 1 amide bonds. The van der Waals surface area contributed by atoms with E-state index in [4.69, 9.17) is 5.11 Å². The van der Waals surface area contributed by atoms with Gasteiger partial charge in [-0.15, -0.1) is 0 Å². The van der Waals surface area contributed by atoms with Gasteiger partial charge in [-0.1, -0.05) is 0 Å². The van der Waals surface area contributed by atoms with Crippen LogP contribution < -0.4 is 5.32 Å². The van der Waals surface area contributed by atoms with Crippen LogP contribution in [0.25, 0.3) is 10.9 Å². The summed E-state index contributed by atoms with van der Waals surface area (Å²) in [5.41, 5.74) is 2.61. The van der Waals surface area contributed by atoms with Crippen molar-refractivity contribution in [3.63, 3.8) is 0 Å². The largest absolute Gasteiger partial charge is 0.478 e. The second kappa shape index (κ2) is 6.85. The summed E-state index contributed by atoms with van der Waals surface area (Å²) < 4.78 is 0. The lowest BCUT2D eigenvalue weighted by Crippen LogP contribution is -2.17. The van der Waals surface area contributed by atoms with E-state index in [1.54, 1.807) is 6.20 Å². The number of carboxylic acid groups (broad SMARTS) is 1. The van der Waals surface area contributed by atoms with E-state index in [-0.39, 0.29) is 11.5 Å². The second-order valence-electron chi connectivity index (χ2n) is 6.86. The topological polar surface area (TPSA) is 98.3 Å². The third kappa shape index (κ3) is 3.41. The van der Waals surface area contributed by atoms with E-state index in [1.807, 2.05) is 6.07 Å². The van der Waals surface area contributed by atoms with Crippen LogP contribution in [0.3, 0.4) is 0 Å². The van der Waals surface area contributed by atoms with Crippen LogP contribution in [0.1, 0.15) is 45.3 Å². The standard InChI is InChI=1S/C20H20N4O3/c1-24-8-2-3-17(24)16-9-14-11-21-18(10-15(14)22-16)23-19(25)12-4-6-13(7-5-12)20(26)27/h4-7,9-11,17,22H,2-3,8H2,1H3,(H,26,27)(H,21,23,25)/t17-/m0/s1. The van der Waals surface area contributed by atoms with E-state index in [2.05, 4.69) is 33.3 Å². The summed E-state index contributed by atoms with van der Waals surface area (Å²) in [5.74, 6) is -0.909. The van der Waals surface area contributed by atoms with Crippen molar-refractivity contribution in [3.8, 4) is 0 Å². The minimum atomic E-state index is -1.02. The fourth-order valence-electron chi connectivity index (χ4n) is 3.55. The number of benzene rings is 1. The Labute approximate surface area is 156 Å². The van der Waals surface area contributed by atoms with E-state index < -0.39 is 5.97 Å². The highest BCUT2D eigenvalue weighted by Gasteiger charge is 2.24. The van der Waals surface area contributed by atoms with Gasteiger partial charge in [0.2, 0.25) is 0 Å². The minimum absolute atomic E-state index is 0.141. The molecule has 3 aromatic rings. The molecule has 1 fully saturated rings. The molecule has 0 aliphatic carbocycles. The van der Waals surface area contributed by atoms with Crippen LogP contribution in [0, 0.1) is 0 Å². The van der Waals surface area contributed by atoms with E-state index in [0.29, 0.717) is 17.4 Å². The number of aromatic nitrogens is 2. The summed E-state index contributed by atoms with van der Waals surface area (Å²) in [7, 11) is 2.13. The maximum atomic E-state index is 12.4. The van der Waals surface area contributed by atoms with Crippen LogP contribution in [0.4, 0.5) is 5.82 Å². The zero-order valence-electron chi connectivity index (χ0n) is 14.9. The molecule has 138 valence electrons. The number of carbonyl (C=O) groups excluding carboxylic acids is 1. The van der Waals surface area contributed by atoms with Crippen molar-refractivity contribution in [3.05, 3.63) is 59.4 Å². The summed E-state index contributed by atoms with van der Waals surface area (Å²) in [6, 6.07) is 10.1. The van der Waals surface area contributed by atoms with E-state index in [1.165, 1.54) is 36.4 Å². The average Bonchev–Trinajstić information content (AvgIpc) is 3.26. The molecule has 2 aromatic heterocycles. The van der Waals surface area contributed by atoms with Crippen LogP contribution in [0.2, 0.25) is 0 Å². The molecule has 7 heteroatoms. The lowest BCUT2D eigenvalue weighted by Gasteiger charge is -2.17. The molecule has 4 rings (SSSR count). The molecule has 0 radical (unpaired) electrons. The Kier molecular flexibility index (Phi) is 4.37. The lowest BCUT2D eigenvalue weighted by atomic mass is 10.1. The lowest BCUT2D eigenvalue weighted by molar-refractivity contribution is 0.0696. The van der Waals surface area contributed by atoms with Gasteiger partial charge in [0, 0.05) is 34.9 Å². The third-order valence-electron chi connectivity index (χ3n) is 5.04. The SMILES string of the molecule is CN1CCC[C@H]1c1cc2cnc(NC(=O)c3ccc(C(=O)O)cc3)cc2[nH]1. The minimum Gasteiger partial charge on any atom is -0.478 e. The molecule has 1 aliphatic rings. The Morgan fingerprint density at radius 2 is 1.96 bits per heavy atom.